The first-order valence-electron chi connectivity index (χ1n) is 5.60. The Hall–Kier alpha value is -1.66. The number of carbonyl (C=O) groups excluding carboxylic acids is 2. The van der Waals surface area contributed by atoms with Crippen LogP contribution in [-0.4, -0.2) is 24.1 Å². The van der Waals surface area contributed by atoms with E-state index in [2.05, 4.69) is 21.2 Å². The van der Waals surface area contributed by atoms with Crippen LogP contribution < -0.4 is 10.9 Å². The van der Waals surface area contributed by atoms with Gasteiger partial charge in [0.1, 0.15) is 17.0 Å². The molecule has 2 aromatic rings. The van der Waals surface area contributed by atoms with Crippen LogP contribution >= 0.6 is 27.5 Å². The Bertz CT molecular complexity index is 741. The first-order valence-corrected chi connectivity index (χ1v) is 6.93. The number of benzene rings is 1. The number of Topliss-reactive ketones (excluding diaryl/α,β-unsaturated/α-hetero) is 1. The highest BCUT2D eigenvalue weighted by molar-refractivity contribution is 9.10. The predicted octanol–water partition coefficient (Wildman–Crippen LogP) is 2.09. The van der Waals surface area contributed by atoms with Crippen LogP contribution in [0.3, 0.4) is 0 Å². The Morgan fingerprint density at radius 2 is 2.05 bits per heavy atom. The van der Waals surface area contributed by atoms with E-state index in [4.69, 9.17) is 16.0 Å². The molecule has 0 spiro atoms. The van der Waals surface area contributed by atoms with Gasteiger partial charge in [0.05, 0.1) is 6.54 Å². The molecule has 104 valence electrons. The molecule has 0 unspecified atom stereocenters. The lowest BCUT2D eigenvalue weighted by atomic mass is 10.1. The van der Waals surface area contributed by atoms with Gasteiger partial charge in [0.2, 0.25) is 5.91 Å². The third kappa shape index (κ3) is 3.26. The summed E-state index contributed by atoms with van der Waals surface area (Å²) in [5, 5.41) is 2.92. The van der Waals surface area contributed by atoms with Crippen LogP contribution in [0.4, 0.5) is 0 Å². The van der Waals surface area contributed by atoms with Crippen molar-refractivity contribution >= 4 is 50.2 Å². The Kier molecular flexibility index (Phi) is 4.57. The second-order valence-corrected chi connectivity index (χ2v) is 5.15. The van der Waals surface area contributed by atoms with Gasteiger partial charge in [-0.2, -0.15) is 0 Å². The summed E-state index contributed by atoms with van der Waals surface area (Å²) in [4.78, 5) is 34.6. The summed E-state index contributed by atoms with van der Waals surface area (Å²) in [6.07, 6.45) is 0. The van der Waals surface area contributed by atoms with Crippen LogP contribution in [0.25, 0.3) is 11.0 Å². The molecule has 7 heteroatoms. The molecule has 0 atom stereocenters. The molecule has 0 fully saturated rings. The molecule has 20 heavy (non-hydrogen) atoms. The van der Waals surface area contributed by atoms with E-state index in [0.29, 0.717) is 11.0 Å². The molecular formula is C13H9BrClNO4. The van der Waals surface area contributed by atoms with Crippen molar-refractivity contribution in [1.82, 2.24) is 5.32 Å². The molecule has 1 amide bonds. The highest BCUT2D eigenvalue weighted by atomic mass is 79.9. The van der Waals surface area contributed by atoms with Gasteiger partial charge in [-0.3, -0.25) is 9.59 Å². The number of rotatable bonds is 4. The normalized spacial score (nSPS) is 10.5. The Morgan fingerprint density at radius 1 is 1.30 bits per heavy atom. The first-order chi connectivity index (χ1) is 9.51. The van der Waals surface area contributed by atoms with Crippen molar-refractivity contribution in [2.45, 2.75) is 0 Å². The molecule has 0 radical (unpaired) electrons. The van der Waals surface area contributed by atoms with Gasteiger partial charge in [0.15, 0.2) is 5.78 Å². The average Bonchev–Trinajstić information content (AvgIpc) is 2.44. The van der Waals surface area contributed by atoms with Crippen LogP contribution in [0.15, 0.2) is 37.9 Å². The minimum atomic E-state index is -0.732. The Balaban J connectivity index is 2.34. The number of amides is 1. The van der Waals surface area contributed by atoms with Crippen LogP contribution in [-0.2, 0) is 4.79 Å². The van der Waals surface area contributed by atoms with Crippen molar-refractivity contribution in [2.24, 2.45) is 0 Å². The number of halogens is 2. The van der Waals surface area contributed by atoms with Crippen LogP contribution in [0, 0.1) is 0 Å². The van der Waals surface area contributed by atoms with Crippen molar-refractivity contribution in [3.63, 3.8) is 0 Å². The molecule has 1 heterocycles. The van der Waals surface area contributed by atoms with Crippen molar-refractivity contribution in [1.29, 1.82) is 0 Å². The number of nitrogens with one attached hydrogen (secondary N) is 1. The molecule has 0 aliphatic heterocycles. The number of hydrogen-bond donors (Lipinski definition) is 1. The maximum Gasteiger partial charge on any atom is 0.347 e. The Morgan fingerprint density at radius 3 is 2.75 bits per heavy atom. The maximum absolute atomic E-state index is 11.9. The van der Waals surface area contributed by atoms with Crippen LogP contribution in [0.2, 0.25) is 0 Å². The number of fused-ring (bicyclic) bond motifs is 1. The van der Waals surface area contributed by atoms with Gasteiger partial charge in [0.25, 0.3) is 0 Å². The molecule has 1 aromatic heterocycles. The monoisotopic (exact) mass is 357 g/mol. The SMILES string of the molecule is O=C(CCl)NCC(=O)c1cc2cc(Br)ccc2oc1=O. The van der Waals surface area contributed by atoms with Gasteiger partial charge in [-0.05, 0) is 24.3 Å². The van der Waals surface area contributed by atoms with E-state index in [0.717, 1.165) is 4.47 Å². The molecular weight excluding hydrogens is 350 g/mol. The van der Waals surface area contributed by atoms with Crippen molar-refractivity contribution in [2.75, 3.05) is 12.4 Å². The lowest BCUT2D eigenvalue weighted by Gasteiger charge is -2.03. The zero-order chi connectivity index (χ0) is 14.7. The van der Waals surface area contributed by atoms with E-state index in [9.17, 15) is 14.4 Å². The van der Waals surface area contributed by atoms with E-state index in [1.54, 1.807) is 18.2 Å². The van der Waals surface area contributed by atoms with Gasteiger partial charge in [-0.1, -0.05) is 15.9 Å². The summed E-state index contributed by atoms with van der Waals surface area (Å²) in [5.74, 6) is -1.25. The van der Waals surface area contributed by atoms with Crippen molar-refractivity contribution in [3.05, 3.63) is 44.7 Å². The van der Waals surface area contributed by atoms with Crippen molar-refractivity contribution < 1.29 is 14.0 Å². The van der Waals surface area contributed by atoms with Gasteiger partial charge in [-0.25, -0.2) is 4.79 Å². The second-order valence-electron chi connectivity index (χ2n) is 3.96. The number of ketones is 1. The summed E-state index contributed by atoms with van der Waals surface area (Å²) in [6, 6.07) is 6.53. The third-order valence-electron chi connectivity index (χ3n) is 2.56. The minimum absolute atomic E-state index is 0.106. The molecule has 0 bridgehead atoms. The minimum Gasteiger partial charge on any atom is -0.422 e. The number of alkyl halides is 1. The molecule has 1 N–H and O–H groups in total. The average molecular weight is 359 g/mol. The molecule has 2 rings (SSSR count). The fraction of sp³-hybridized carbons (Fsp3) is 0.154. The summed E-state index contributed by atoms with van der Waals surface area (Å²) in [7, 11) is 0. The summed E-state index contributed by atoms with van der Waals surface area (Å²) < 4.78 is 5.86. The molecule has 5 nitrogen and oxygen atoms in total. The summed E-state index contributed by atoms with van der Waals surface area (Å²) in [6.45, 7) is -0.296. The quantitative estimate of drug-likeness (QED) is 0.516. The highest BCUT2D eigenvalue weighted by Gasteiger charge is 2.14. The molecule has 0 saturated heterocycles. The number of hydrogen-bond acceptors (Lipinski definition) is 4. The van der Waals surface area contributed by atoms with E-state index >= 15 is 0 Å². The maximum atomic E-state index is 11.9. The van der Waals surface area contributed by atoms with Crippen LogP contribution in [0.5, 0.6) is 0 Å². The fourth-order valence-electron chi connectivity index (χ4n) is 1.61. The largest absolute Gasteiger partial charge is 0.422 e. The van der Waals surface area contributed by atoms with Gasteiger partial charge in [0, 0.05) is 9.86 Å². The molecule has 1 aromatic carbocycles. The highest BCUT2D eigenvalue weighted by Crippen LogP contribution is 2.19. The van der Waals surface area contributed by atoms with E-state index in [-0.39, 0.29) is 18.0 Å². The van der Waals surface area contributed by atoms with E-state index in [1.165, 1.54) is 6.07 Å². The Labute approximate surface area is 127 Å². The molecule has 0 saturated carbocycles. The second kappa shape index (κ2) is 6.19. The molecule has 0 aliphatic rings. The zero-order valence-corrected chi connectivity index (χ0v) is 12.5. The standard InChI is InChI=1S/C13H9BrClNO4/c14-8-1-2-11-7(3-8)4-9(13(19)20-11)10(17)6-16-12(18)5-15/h1-4H,5-6H2,(H,16,18). The van der Waals surface area contributed by atoms with Gasteiger partial charge < -0.3 is 9.73 Å². The zero-order valence-electron chi connectivity index (χ0n) is 10.1. The van der Waals surface area contributed by atoms with E-state index < -0.39 is 17.3 Å². The topological polar surface area (TPSA) is 76.4 Å². The lowest BCUT2D eigenvalue weighted by molar-refractivity contribution is -0.118. The first kappa shape index (κ1) is 14.7. The fourth-order valence-corrected chi connectivity index (χ4v) is 2.08. The van der Waals surface area contributed by atoms with Gasteiger partial charge in [-0.15, -0.1) is 11.6 Å². The van der Waals surface area contributed by atoms with E-state index in [1.807, 2.05) is 0 Å². The van der Waals surface area contributed by atoms with Crippen LogP contribution in [0.1, 0.15) is 10.4 Å². The third-order valence-corrected chi connectivity index (χ3v) is 3.30. The molecule has 0 aliphatic carbocycles. The lowest BCUT2D eigenvalue weighted by Crippen LogP contribution is -2.32. The predicted molar refractivity (Wildman–Crippen MR) is 78.2 cm³/mol. The smallest absolute Gasteiger partial charge is 0.347 e. The summed E-state index contributed by atoms with van der Waals surface area (Å²) >= 11 is 8.59. The summed E-state index contributed by atoms with van der Waals surface area (Å²) in [5.41, 5.74) is -0.449. The van der Waals surface area contributed by atoms with Gasteiger partial charge >= 0.3 is 5.63 Å². The van der Waals surface area contributed by atoms with Crippen molar-refractivity contribution in [3.8, 4) is 0 Å². The number of carbonyl (C=O) groups is 2.